The molecule has 0 saturated carbocycles. The molecule has 1 N–H and O–H groups in total. The molecule has 1 fully saturated rings. The van der Waals surface area contributed by atoms with E-state index in [4.69, 9.17) is 16.3 Å². The molecule has 0 bridgehead atoms. The Bertz CT molecular complexity index is 882. The number of rotatable bonds is 6. The topological polar surface area (TPSA) is 31.5 Å². The molecule has 1 saturated heterocycles. The number of halogens is 1. The Kier molecular flexibility index (Phi) is 5.67. The van der Waals surface area contributed by atoms with Crippen molar-refractivity contribution in [3.63, 3.8) is 0 Å². The fraction of sp³-hybridized carbons (Fsp3) is 0.364. The Morgan fingerprint density at radius 2 is 1.81 bits per heavy atom. The molecule has 0 amide bonds. The van der Waals surface area contributed by atoms with E-state index >= 15 is 0 Å². The number of hydrogen-bond acceptors (Lipinski definition) is 3. The highest BCUT2D eigenvalue weighted by molar-refractivity contribution is 6.34. The van der Waals surface area contributed by atoms with Crippen LogP contribution in [-0.4, -0.2) is 61.2 Å². The summed E-state index contributed by atoms with van der Waals surface area (Å²) in [5.41, 5.74) is 3.21. The molecular formula is C22H26ClN3O. The van der Waals surface area contributed by atoms with Crippen molar-refractivity contribution in [1.82, 2.24) is 14.8 Å². The molecule has 1 aliphatic rings. The van der Waals surface area contributed by atoms with E-state index in [2.05, 4.69) is 46.1 Å². The highest BCUT2D eigenvalue weighted by atomic mass is 35.5. The van der Waals surface area contributed by atoms with Gasteiger partial charge in [-0.15, -0.1) is 0 Å². The van der Waals surface area contributed by atoms with E-state index in [0.717, 1.165) is 60.1 Å². The molecule has 2 aromatic carbocycles. The van der Waals surface area contributed by atoms with Crippen LogP contribution in [0.5, 0.6) is 5.75 Å². The van der Waals surface area contributed by atoms with E-state index < -0.39 is 0 Å². The minimum Gasteiger partial charge on any atom is -0.494 e. The normalized spacial score (nSPS) is 16.1. The minimum atomic E-state index is 0.752. The zero-order valence-corrected chi connectivity index (χ0v) is 16.5. The summed E-state index contributed by atoms with van der Waals surface area (Å²) in [6, 6.07) is 14.4. The van der Waals surface area contributed by atoms with Crippen LogP contribution in [0.2, 0.25) is 5.02 Å². The van der Waals surface area contributed by atoms with Gasteiger partial charge in [0.15, 0.2) is 0 Å². The first-order valence-electron chi connectivity index (χ1n) is 9.60. The van der Waals surface area contributed by atoms with E-state index in [1.807, 2.05) is 24.4 Å². The lowest BCUT2D eigenvalue weighted by atomic mass is 10.0. The third-order valence-electron chi connectivity index (χ3n) is 5.29. The molecule has 0 atom stereocenters. The van der Waals surface area contributed by atoms with Crippen molar-refractivity contribution in [3.8, 4) is 16.9 Å². The fourth-order valence-electron chi connectivity index (χ4n) is 3.58. The molecule has 1 aromatic heterocycles. The van der Waals surface area contributed by atoms with Crippen molar-refractivity contribution >= 4 is 22.5 Å². The van der Waals surface area contributed by atoms with Crippen molar-refractivity contribution in [2.75, 3.05) is 46.4 Å². The second-order valence-corrected chi connectivity index (χ2v) is 7.68. The lowest BCUT2D eigenvalue weighted by Gasteiger charge is -2.32. The Hall–Kier alpha value is -2.01. The molecule has 0 radical (unpaired) electrons. The van der Waals surface area contributed by atoms with E-state index in [1.54, 1.807) is 0 Å². The van der Waals surface area contributed by atoms with Gasteiger partial charge in [-0.2, -0.15) is 0 Å². The number of likely N-dealkylation sites (N-methyl/N-ethyl adjacent to an activating group) is 1. The maximum atomic E-state index is 6.46. The average Bonchev–Trinajstić information content (AvgIpc) is 3.14. The van der Waals surface area contributed by atoms with Crippen LogP contribution in [-0.2, 0) is 0 Å². The maximum Gasteiger partial charge on any atom is 0.119 e. The first-order chi connectivity index (χ1) is 13.2. The van der Waals surface area contributed by atoms with Crippen LogP contribution < -0.4 is 4.74 Å². The number of ether oxygens (including phenoxy) is 1. The van der Waals surface area contributed by atoms with Gasteiger partial charge in [-0.3, -0.25) is 0 Å². The lowest BCUT2D eigenvalue weighted by molar-refractivity contribution is 0.145. The number of aromatic nitrogens is 1. The van der Waals surface area contributed by atoms with Crippen LogP contribution in [0.1, 0.15) is 6.42 Å². The zero-order valence-electron chi connectivity index (χ0n) is 15.7. The maximum absolute atomic E-state index is 6.46. The Balaban J connectivity index is 1.31. The van der Waals surface area contributed by atoms with Gasteiger partial charge in [-0.1, -0.05) is 23.7 Å². The van der Waals surface area contributed by atoms with Gasteiger partial charge in [-0.05, 0) is 49.4 Å². The largest absolute Gasteiger partial charge is 0.494 e. The molecule has 1 aliphatic heterocycles. The van der Waals surface area contributed by atoms with Gasteiger partial charge < -0.3 is 19.5 Å². The first-order valence-corrected chi connectivity index (χ1v) is 9.97. The summed E-state index contributed by atoms with van der Waals surface area (Å²) in [5, 5.41) is 1.92. The van der Waals surface area contributed by atoms with E-state index in [0.29, 0.717) is 0 Å². The average molecular weight is 384 g/mol. The highest BCUT2D eigenvalue weighted by Gasteiger charge is 2.13. The predicted molar refractivity (Wildman–Crippen MR) is 113 cm³/mol. The van der Waals surface area contributed by atoms with Crippen molar-refractivity contribution in [3.05, 3.63) is 53.7 Å². The first kappa shape index (κ1) is 18.4. The van der Waals surface area contributed by atoms with Crippen molar-refractivity contribution in [2.24, 2.45) is 0 Å². The van der Waals surface area contributed by atoms with E-state index in [-0.39, 0.29) is 0 Å². The second kappa shape index (κ2) is 8.34. The van der Waals surface area contributed by atoms with Crippen molar-refractivity contribution < 1.29 is 4.74 Å². The standard InChI is InChI=1S/C22H26ClN3O/c1-25-10-12-26(13-11-25)9-2-14-27-19-5-3-17(4-6-19)20-15-18-7-8-24-22(18)16-21(20)23/h3-8,15-16,24H,2,9-14H2,1H3. The van der Waals surface area contributed by atoms with Crippen LogP contribution in [0.4, 0.5) is 0 Å². The molecule has 2 heterocycles. The molecule has 3 aromatic rings. The van der Waals surface area contributed by atoms with Gasteiger partial charge >= 0.3 is 0 Å². The number of H-pyrrole nitrogens is 1. The fourth-order valence-corrected chi connectivity index (χ4v) is 3.85. The Labute approximate surface area is 165 Å². The number of piperazine rings is 1. The van der Waals surface area contributed by atoms with Gasteiger partial charge in [0.2, 0.25) is 0 Å². The van der Waals surface area contributed by atoms with Crippen LogP contribution in [0.25, 0.3) is 22.0 Å². The quantitative estimate of drug-likeness (QED) is 0.636. The zero-order chi connectivity index (χ0) is 18.6. The Morgan fingerprint density at radius 1 is 1.04 bits per heavy atom. The van der Waals surface area contributed by atoms with Gasteiger partial charge in [0.1, 0.15) is 5.75 Å². The van der Waals surface area contributed by atoms with Crippen LogP contribution in [0.3, 0.4) is 0 Å². The predicted octanol–water partition coefficient (Wildman–Crippen LogP) is 4.50. The summed E-state index contributed by atoms with van der Waals surface area (Å²) in [6.45, 7) is 6.52. The van der Waals surface area contributed by atoms with Crippen molar-refractivity contribution in [1.29, 1.82) is 0 Å². The number of hydrogen-bond donors (Lipinski definition) is 1. The summed E-state index contributed by atoms with van der Waals surface area (Å²) < 4.78 is 5.92. The van der Waals surface area contributed by atoms with Crippen LogP contribution >= 0.6 is 11.6 Å². The number of fused-ring (bicyclic) bond motifs is 1. The summed E-state index contributed by atoms with van der Waals surface area (Å²) in [6.07, 6.45) is 2.99. The molecule has 0 unspecified atom stereocenters. The van der Waals surface area contributed by atoms with E-state index in [9.17, 15) is 0 Å². The number of nitrogens with one attached hydrogen (secondary N) is 1. The summed E-state index contributed by atoms with van der Waals surface area (Å²) in [4.78, 5) is 8.10. The van der Waals surface area contributed by atoms with Gasteiger partial charge in [0, 0.05) is 55.4 Å². The number of nitrogens with zero attached hydrogens (tertiary/aromatic N) is 2. The molecule has 0 spiro atoms. The lowest BCUT2D eigenvalue weighted by Crippen LogP contribution is -2.44. The number of benzene rings is 2. The summed E-state index contributed by atoms with van der Waals surface area (Å²) in [7, 11) is 2.19. The van der Waals surface area contributed by atoms with Crippen LogP contribution in [0, 0.1) is 0 Å². The second-order valence-electron chi connectivity index (χ2n) is 7.27. The van der Waals surface area contributed by atoms with Gasteiger partial charge in [0.05, 0.1) is 11.6 Å². The molecule has 0 aliphatic carbocycles. The third kappa shape index (κ3) is 4.46. The molecular weight excluding hydrogens is 358 g/mol. The number of aromatic amines is 1. The highest BCUT2D eigenvalue weighted by Crippen LogP contribution is 2.32. The van der Waals surface area contributed by atoms with Gasteiger partial charge in [-0.25, -0.2) is 0 Å². The minimum absolute atomic E-state index is 0.752. The van der Waals surface area contributed by atoms with Gasteiger partial charge in [0.25, 0.3) is 0 Å². The smallest absolute Gasteiger partial charge is 0.119 e. The summed E-state index contributed by atoms with van der Waals surface area (Å²) >= 11 is 6.46. The Morgan fingerprint density at radius 3 is 2.59 bits per heavy atom. The van der Waals surface area contributed by atoms with E-state index in [1.165, 1.54) is 18.5 Å². The molecule has 142 valence electrons. The molecule has 4 rings (SSSR count). The molecule has 27 heavy (non-hydrogen) atoms. The SMILES string of the molecule is CN1CCN(CCCOc2ccc(-c3cc4cc[nH]c4cc3Cl)cc2)CC1. The van der Waals surface area contributed by atoms with Crippen molar-refractivity contribution in [2.45, 2.75) is 6.42 Å². The third-order valence-corrected chi connectivity index (χ3v) is 5.60. The molecule has 5 heteroatoms. The molecule has 4 nitrogen and oxygen atoms in total. The summed E-state index contributed by atoms with van der Waals surface area (Å²) in [5.74, 6) is 0.913. The van der Waals surface area contributed by atoms with Crippen LogP contribution in [0.15, 0.2) is 48.7 Å². The monoisotopic (exact) mass is 383 g/mol.